The minimum Gasteiger partial charge on any atom is -0.305 e. The zero-order valence-corrected chi connectivity index (χ0v) is 9.42. The van der Waals surface area contributed by atoms with Crippen LogP contribution in [0.1, 0.15) is 17.1 Å². The van der Waals surface area contributed by atoms with Gasteiger partial charge in [-0.2, -0.15) is 0 Å². The highest BCUT2D eigenvalue weighted by Crippen LogP contribution is 2.01. The van der Waals surface area contributed by atoms with Crippen LogP contribution in [0.25, 0.3) is 0 Å². The number of aromatic nitrogens is 2. The van der Waals surface area contributed by atoms with Crippen molar-refractivity contribution in [3.8, 4) is 0 Å². The van der Waals surface area contributed by atoms with Crippen molar-refractivity contribution in [1.82, 2.24) is 15.3 Å². The third-order valence-corrected chi connectivity index (χ3v) is 2.68. The fourth-order valence-electron chi connectivity index (χ4n) is 1.34. The van der Waals surface area contributed by atoms with Gasteiger partial charge in [0.05, 0.1) is 16.9 Å². The van der Waals surface area contributed by atoms with E-state index in [1.165, 1.54) is 0 Å². The Bertz CT molecular complexity index is 412. The highest BCUT2D eigenvalue weighted by atomic mass is 32.1. The quantitative estimate of drug-likeness (QED) is 0.856. The van der Waals surface area contributed by atoms with Crippen molar-refractivity contribution in [2.24, 2.45) is 0 Å². The number of hydrogen-bond acceptors (Lipinski definition) is 4. The highest BCUT2D eigenvalue weighted by molar-refractivity contribution is 7.07. The van der Waals surface area contributed by atoms with E-state index in [2.05, 4.69) is 20.7 Å². The largest absolute Gasteiger partial charge is 0.305 e. The molecule has 0 aromatic carbocycles. The molecule has 0 radical (unpaired) electrons. The maximum absolute atomic E-state index is 4.41. The number of thiazole rings is 1. The summed E-state index contributed by atoms with van der Waals surface area (Å²) in [6.07, 6.45) is 0. The van der Waals surface area contributed by atoms with Crippen LogP contribution in [0.2, 0.25) is 0 Å². The Kier molecular flexibility index (Phi) is 3.42. The SMILES string of the molecule is Cc1cccc(CNCc2cscn2)n1. The smallest absolute Gasteiger partial charge is 0.0795 e. The molecule has 0 aliphatic rings. The van der Waals surface area contributed by atoms with E-state index in [0.717, 1.165) is 30.2 Å². The summed E-state index contributed by atoms with van der Waals surface area (Å²) >= 11 is 1.62. The second-order valence-corrected chi connectivity index (χ2v) is 4.07. The predicted octanol–water partition coefficient (Wildman–Crippen LogP) is 2.14. The third kappa shape index (κ3) is 3.11. The minimum absolute atomic E-state index is 0.791. The summed E-state index contributed by atoms with van der Waals surface area (Å²) in [6.45, 7) is 3.60. The van der Waals surface area contributed by atoms with Gasteiger partial charge >= 0.3 is 0 Å². The van der Waals surface area contributed by atoms with Crippen molar-refractivity contribution in [3.05, 3.63) is 46.2 Å². The Balaban J connectivity index is 1.83. The Morgan fingerprint density at radius 3 is 2.87 bits per heavy atom. The number of rotatable bonds is 4. The van der Waals surface area contributed by atoms with Gasteiger partial charge in [-0.15, -0.1) is 11.3 Å². The Morgan fingerprint density at radius 1 is 1.27 bits per heavy atom. The lowest BCUT2D eigenvalue weighted by Crippen LogP contribution is -2.13. The second kappa shape index (κ2) is 5.00. The van der Waals surface area contributed by atoms with Gasteiger partial charge in [0.25, 0.3) is 0 Å². The fraction of sp³-hybridized carbons (Fsp3) is 0.273. The van der Waals surface area contributed by atoms with E-state index in [1.807, 2.05) is 30.6 Å². The van der Waals surface area contributed by atoms with E-state index in [4.69, 9.17) is 0 Å². The van der Waals surface area contributed by atoms with Crippen LogP contribution in [0.15, 0.2) is 29.1 Å². The average Bonchev–Trinajstić information content (AvgIpc) is 2.71. The van der Waals surface area contributed by atoms with Crippen LogP contribution in [0.3, 0.4) is 0 Å². The summed E-state index contributed by atoms with van der Waals surface area (Å²) in [7, 11) is 0. The molecular formula is C11H13N3S. The van der Waals surface area contributed by atoms with Gasteiger partial charge in [0.15, 0.2) is 0 Å². The zero-order valence-electron chi connectivity index (χ0n) is 8.60. The van der Waals surface area contributed by atoms with Gasteiger partial charge in [-0.05, 0) is 19.1 Å². The lowest BCUT2D eigenvalue weighted by Gasteiger charge is -2.02. The lowest BCUT2D eigenvalue weighted by molar-refractivity contribution is 0.668. The molecule has 0 aliphatic carbocycles. The first kappa shape index (κ1) is 10.3. The molecule has 15 heavy (non-hydrogen) atoms. The Hall–Kier alpha value is -1.26. The van der Waals surface area contributed by atoms with Gasteiger partial charge in [0.1, 0.15) is 0 Å². The summed E-state index contributed by atoms with van der Waals surface area (Å²) in [5.41, 5.74) is 5.07. The van der Waals surface area contributed by atoms with Gasteiger partial charge in [-0.1, -0.05) is 6.07 Å². The van der Waals surface area contributed by atoms with Crippen LogP contribution in [0.4, 0.5) is 0 Å². The van der Waals surface area contributed by atoms with Crippen LogP contribution in [0, 0.1) is 6.92 Å². The summed E-state index contributed by atoms with van der Waals surface area (Å²) in [5.74, 6) is 0. The van der Waals surface area contributed by atoms with Crippen molar-refractivity contribution >= 4 is 11.3 Å². The zero-order chi connectivity index (χ0) is 10.5. The number of hydrogen-bond donors (Lipinski definition) is 1. The van der Waals surface area contributed by atoms with E-state index in [0.29, 0.717) is 0 Å². The second-order valence-electron chi connectivity index (χ2n) is 3.35. The molecule has 4 heteroatoms. The van der Waals surface area contributed by atoms with Gasteiger partial charge in [0, 0.05) is 24.2 Å². The van der Waals surface area contributed by atoms with Gasteiger partial charge in [-0.3, -0.25) is 4.98 Å². The number of nitrogens with one attached hydrogen (secondary N) is 1. The monoisotopic (exact) mass is 219 g/mol. The van der Waals surface area contributed by atoms with Crippen molar-refractivity contribution in [2.75, 3.05) is 0 Å². The van der Waals surface area contributed by atoms with Crippen LogP contribution in [-0.4, -0.2) is 9.97 Å². The molecule has 0 aliphatic heterocycles. The molecule has 0 saturated heterocycles. The minimum atomic E-state index is 0.791. The molecule has 2 aromatic heterocycles. The van der Waals surface area contributed by atoms with E-state index >= 15 is 0 Å². The normalized spacial score (nSPS) is 10.5. The molecular weight excluding hydrogens is 206 g/mol. The number of aryl methyl sites for hydroxylation is 1. The van der Waals surface area contributed by atoms with Crippen LogP contribution in [0.5, 0.6) is 0 Å². The maximum atomic E-state index is 4.41. The fourth-order valence-corrected chi connectivity index (χ4v) is 1.90. The predicted molar refractivity (Wildman–Crippen MR) is 61.6 cm³/mol. The van der Waals surface area contributed by atoms with Crippen LogP contribution >= 0.6 is 11.3 Å². The Labute approximate surface area is 93.2 Å². The van der Waals surface area contributed by atoms with Gasteiger partial charge in [-0.25, -0.2) is 4.98 Å². The molecule has 0 saturated carbocycles. The summed E-state index contributed by atoms with van der Waals surface area (Å²) in [6, 6.07) is 6.06. The van der Waals surface area contributed by atoms with Gasteiger partial charge in [0.2, 0.25) is 0 Å². The number of nitrogens with zero attached hydrogens (tertiary/aromatic N) is 2. The van der Waals surface area contributed by atoms with E-state index < -0.39 is 0 Å². The average molecular weight is 219 g/mol. The molecule has 3 nitrogen and oxygen atoms in total. The molecule has 2 heterocycles. The van der Waals surface area contributed by atoms with E-state index in [1.54, 1.807) is 11.3 Å². The van der Waals surface area contributed by atoms with E-state index in [-0.39, 0.29) is 0 Å². The molecule has 0 bridgehead atoms. The van der Waals surface area contributed by atoms with Crippen LogP contribution < -0.4 is 5.32 Å². The molecule has 0 amide bonds. The van der Waals surface area contributed by atoms with Crippen molar-refractivity contribution in [2.45, 2.75) is 20.0 Å². The first-order chi connectivity index (χ1) is 7.34. The summed E-state index contributed by atoms with van der Waals surface area (Å²) < 4.78 is 0. The molecule has 0 spiro atoms. The molecule has 0 atom stereocenters. The van der Waals surface area contributed by atoms with Crippen LogP contribution in [-0.2, 0) is 13.1 Å². The maximum Gasteiger partial charge on any atom is 0.0795 e. The number of pyridine rings is 1. The van der Waals surface area contributed by atoms with Crippen molar-refractivity contribution < 1.29 is 0 Å². The van der Waals surface area contributed by atoms with Crippen molar-refractivity contribution in [1.29, 1.82) is 0 Å². The topological polar surface area (TPSA) is 37.8 Å². The molecule has 0 fully saturated rings. The molecule has 0 unspecified atom stereocenters. The lowest BCUT2D eigenvalue weighted by atomic mass is 10.3. The molecule has 2 aromatic rings. The molecule has 1 N–H and O–H groups in total. The summed E-state index contributed by atoms with van der Waals surface area (Å²) in [4.78, 5) is 8.61. The van der Waals surface area contributed by atoms with E-state index in [9.17, 15) is 0 Å². The first-order valence-electron chi connectivity index (χ1n) is 4.85. The van der Waals surface area contributed by atoms with Gasteiger partial charge < -0.3 is 5.32 Å². The first-order valence-corrected chi connectivity index (χ1v) is 5.79. The highest BCUT2D eigenvalue weighted by Gasteiger charge is 1.96. The molecule has 2 rings (SSSR count). The summed E-state index contributed by atoms with van der Waals surface area (Å²) in [5, 5.41) is 5.37. The standard InChI is InChI=1S/C11H13N3S/c1-9-3-2-4-10(14-9)5-12-6-11-7-15-8-13-11/h2-4,7-8,12H,5-6H2,1H3. The molecule has 78 valence electrons. The third-order valence-electron chi connectivity index (χ3n) is 2.04. The Morgan fingerprint density at radius 2 is 2.13 bits per heavy atom. The van der Waals surface area contributed by atoms with Crippen molar-refractivity contribution in [3.63, 3.8) is 0 Å².